The second kappa shape index (κ2) is 5.62. The monoisotopic (exact) mass is 341 g/mol. The molecule has 2 unspecified atom stereocenters. The zero-order valence-corrected chi connectivity index (χ0v) is 13.4. The number of hydrogen-bond acceptors (Lipinski definition) is 3. The first kappa shape index (κ1) is 14.3. The van der Waals surface area contributed by atoms with Gasteiger partial charge in [-0.25, -0.2) is 4.39 Å². The van der Waals surface area contributed by atoms with Crippen LogP contribution in [0.5, 0.6) is 0 Å². The van der Waals surface area contributed by atoms with Crippen molar-refractivity contribution in [2.45, 2.75) is 37.9 Å². The molecule has 2 aliphatic rings. The number of nitrogens with two attached hydrogens (primary N) is 1. The van der Waals surface area contributed by atoms with Crippen LogP contribution in [-0.2, 0) is 6.54 Å². The molecule has 0 aliphatic carbocycles. The van der Waals surface area contributed by atoms with Gasteiger partial charge in [0.15, 0.2) is 5.82 Å². The molecule has 0 saturated carbocycles. The molecule has 2 aliphatic heterocycles. The van der Waals surface area contributed by atoms with E-state index in [0.717, 1.165) is 25.1 Å². The van der Waals surface area contributed by atoms with E-state index < -0.39 is 0 Å². The number of benzene rings is 1. The zero-order valence-electron chi connectivity index (χ0n) is 11.8. The van der Waals surface area contributed by atoms with Gasteiger partial charge in [-0.3, -0.25) is 4.90 Å². The highest BCUT2D eigenvalue weighted by Crippen LogP contribution is 2.34. The van der Waals surface area contributed by atoms with Gasteiger partial charge in [0, 0.05) is 31.7 Å². The Hall–Kier alpha value is -0.650. The minimum Gasteiger partial charge on any atom is -0.368 e. The van der Waals surface area contributed by atoms with Gasteiger partial charge in [0.1, 0.15) is 0 Å². The standard InChI is InChI=1S/C15H21BrFN3/c1-19-11-3-4-12(19)9-20(7-6-11)13-5-2-10(8-18)14(16)15(13)17/h2,5,11-12H,3-4,6-9,18H2,1H3. The normalized spacial score (nSPS) is 26.9. The van der Waals surface area contributed by atoms with Crippen LogP contribution in [0.1, 0.15) is 24.8 Å². The Morgan fingerprint density at radius 3 is 2.80 bits per heavy atom. The van der Waals surface area contributed by atoms with Gasteiger partial charge in [0.25, 0.3) is 0 Å². The van der Waals surface area contributed by atoms with Crippen LogP contribution in [0.3, 0.4) is 0 Å². The van der Waals surface area contributed by atoms with Crippen molar-refractivity contribution < 1.29 is 4.39 Å². The summed E-state index contributed by atoms with van der Waals surface area (Å²) in [4.78, 5) is 4.67. The van der Waals surface area contributed by atoms with E-state index in [1.165, 1.54) is 12.8 Å². The van der Waals surface area contributed by atoms with E-state index >= 15 is 0 Å². The molecule has 0 aromatic heterocycles. The van der Waals surface area contributed by atoms with E-state index in [-0.39, 0.29) is 5.82 Å². The average molecular weight is 342 g/mol. The van der Waals surface area contributed by atoms with Gasteiger partial charge < -0.3 is 10.6 Å². The van der Waals surface area contributed by atoms with Crippen molar-refractivity contribution in [3.63, 3.8) is 0 Å². The van der Waals surface area contributed by atoms with Crippen LogP contribution in [0.15, 0.2) is 16.6 Å². The molecule has 0 spiro atoms. The fourth-order valence-corrected chi connectivity index (χ4v) is 4.01. The first-order chi connectivity index (χ1) is 9.61. The number of fused-ring (bicyclic) bond motifs is 2. The molecule has 3 rings (SSSR count). The molecule has 2 saturated heterocycles. The van der Waals surface area contributed by atoms with Crippen molar-refractivity contribution in [2.75, 3.05) is 25.0 Å². The van der Waals surface area contributed by atoms with Crippen LogP contribution in [-0.4, -0.2) is 37.1 Å². The Kier molecular flexibility index (Phi) is 4.02. The van der Waals surface area contributed by atoms with Crippen molar-refractivity contribution in [3.05, 3.63) is 28.0 Å². The summed E-state index contributed by atoms with van der Waals surface area (Å²) in [6, 6.07) is 5.02. The van der Waals surface area contributed by atoms with E-state index in [2.05, 4.69) is 32.8 Å². The Morgan fingerprint density at radius 2 is 2.05 bits per heavy atom. The zero-order chi connectivity index (χ0) is 14.3. The predicted octanol–water partition coefficient (Wildman–Crippen LogP) is 2.72. The minimum atomic E-state index is -0.173. The Morgan fingerprint density at radius 1 is 1.30 bits per heavy atom. The van der Waals surface area contributed by atoms with Gasteiger partial charge >= 0.3 is 0 Å². The first-order valence-electron chi connectivity index (χ1n) is 7.25. The average Bonchev–Trinajstić information content (AvgIpc) is 2.68. The number of likely N-dealkylation sites (N-methyl/N-ethyl adjacent to an activating group) is 1. The maximum Gasteiger partial charge on any atom is 0.160 e. The molecule has 2 N–H and O–H groups in total. The van der Waals surface area contributed by atoms with Gasteiger partial charge in [0.2, 0.25) is 0 Å². The Bertz CT molecular complexity index is 508. The third kappa shape index (κ3) is 2.36. The van der Waals surface area contributed by atoms with Gasteiger partial charge in [0.05, 0.1) is 10.2 Å². The smallest absolute Gasteiger partial charge is 0.160 e. The van der Waals surface area contributed by atoms with Gasteiger partial charge in [-0.2, -0.15) is 0 Å². The third-order valence-corrected chi connectivity index (χ3v) is 5.71. The second-order valence-electron chi connectivity index (χ2n) is 5.86. The quantitative estimate of drug-likeness (QED) is 0.897. The van der Waals surface area contributed by atoms with E-state index in [4.69, 9.17) is 5.73 Å². The summed E-state index contributed by atoms with van der Waals surface area (Å²) in [7, 11) is 2.20. The largest absolute Gasteiger partial charge is 0.368 e. The van der Waals surface area contributed by atoms with Crippen molar-refractivity contribution in [3.8, 4) is 0 Å². The van der Waals surface area contributed by atoms with Gasteiger partial charge in [-0.1, -0.05) is 6.07 Å². The number of hydrogen-bond donors (Lipinski definition) is 1. The molecule has 1 aromatic rings. The number of rotatable bonds is 2. The van der Waals surface area contributed by atoms with Crippen molar-refractivity contribution >= 4 is 21.6 Å². The van der Waals surface area contributed by atoms with Crippen molar-refractivity contribution in [1.82, 2.24) is 4.90 Å². The van der Waals surface area contributed by atoms with Crippen molar-refractivity contribution in [1.29, 1.82) is 0 Å². The van der Waals surface area contributed by atoms with Gasteiger partial charge in [-0.15, -0.1) is 0 Å². The summed E-state index contributed by atoms with van der Waals surface area (Å²) in [6.45, 7) is 2.19. The predicted molar refractivity (Wildman–Crippen MR) is 83.4 cm³/mol. The lowest BCUT2D eigenvalue weighted by atomic mass is 10.1. The molecule has 0 radical (unpaired) electrons. The summed E-state index contributed by atoms with van der Waals surface area (Å²) < 4.78 is 15.1. The summed E-state index contributed by atoms with van der Waals surface area (Å²) in [5.41, 5.74) is 7.15. The Labute approximate surface area is 128 Å². The Balaban J connectivity index is 1.88. The topological polar surface area (TPSA) is 32.5 Å². The molecular formula is C15H21BrFN3. The first-order valence-corrected chi connectivity index (χ1v) is 8.05. The molecular weight excluding hydrogens is 321 g/mol. The van der Waals surface area contributed by atoms with Crippen LogP contribution in [0.4, 0.5) is 10.1 Å². The van der Waals surface area contributed by atoms with E-state index in [1.807, 2.05) is 12.1 Å². The summed E-state index contributed by atoms with van der Waals surface area (Å²) in [5, 5.41) is 0. The van der Waals surface area contributed by atoms with E-state index in [1.54, 1.807) is 0 Å². The highest BCUT2D eigenvalue weighted by Gasteiger charge is 2.35. The molecule has 5 heteroatoms. The number of anilines is 1. The number of nitrogens with zero attached hydrogens (tertiary/aromatic N) is 2. The van der Waals surface area contributed by atoms with Crippen LogP contribution in [0.2, 0.25) is 0 Å². The highest BCUT2D eigenvalue weighted by atomic mass is 79.9. The second-order valence-corrected chi connectivity index (χ2v) is 6.65. The molecule has 110 valence electrons. The maximum atomic E-state index is 14.5. The molecule has 2 fully saturated rings. The lowest BCUT2D eigenvalue weighted by Gasteiger charge is -2.28. The van der Waals surface area contributed by atoms with Crippen LogP contribution >= 0.6 is 15.9 Å². The summed E-state index contributed by atoms with van der Waals surface area (Å²) >= 11 is 3.34. The highest BCUT2D eigenvalue weighted by molar-refractivity contribution is 9.10. The summed E-state index contributed by atoms with van der Waals surface area (Å²) in [6.07, 6.45) is 3.62. The SMILES string of the molecule is CN1C2CCC1CN(c1ccc(CN)c(Br)c1F)CC2. The lowest BCUT2D eigenvalue weighted by Crippen LogP contribution is -2.37. The molecule has 2 bridgehead atoms. The van der Waals surface area contributed by atoms with Crippen LogP contribution < -0.4 is 10.6 Å². The van der Waals surface area contributed by atoms with E-state index in [9.17, 15) is 4.39 Å². The number of halogens is 2. The molecule has 20 heavy (non-hydrogen) atoms. The van der Waals surface area contributed by atoms with Crippen LogP contribution in [0.25, 0.3) is 0 Å². The fourth-order valence-electron chi connectivity index (χ4n) is 3.51. The minimum absolute atomic E-state index is 0.173. The van der Waals surface area contributed by atoms with Crippen molar-refractivity contribution in [2.24, 2.45) is 5.73 Å². The van der Waals surface area contributed by atoms with E-state index in [0.29, 0.717) is 28.8 Å². The third-order valence-electron chi connectivity index (χ3n) is 4.85. The maximum absolute atomic E-state index is 14.5. The summed E-state index contributed by atoms with van der Waals surface area (Å²) in [5.74, 6) is -0.173. The molecule has 2 atom stereocenters. The van der Waals surface area contributed by atoms with Gasteiger partial charge in [-0.05, 0) is 53.9 Å². The fraction of sp³-hybridized carbons (Fsp3) is 0.600. The molecule has 2 heterocycles. The molecule has 3 nitrogen and oxygen atoms in total. The molecule has 1 aromatic carbocycles. The van der Waals surface area contributed by atoms with Crippen LogP contribution in [0, 0.1) is 5.82 Å². The molecule has 0 amide bonds. The lowest BCUT2D eigenvalue weighted by molar-refractivity contribution is 0.254.